The van der Waals surface area contributed by atoms with Crippen molar-refractivity contribution < 1.29 is 9.52 Å². The van der Waals surface area contributed by atoms with Crippen LogP contribution in [0.2, 0.25) is 0 Å². The van der Waals surface area contributed by atoms with Gasteiger partial charge in [-0.1, -0.05) is 0 Å². The van der Waals surface area contributed by atoms with Gasteiger partial charge in [-0.3, -0.25) is 0 Å². The average molecular weight is 193 g/mol. The first-order valence-electron chi connectivity index (χ1n) is 5.18. The van der Waals surface area contributed by atoms with Gasteiger partial charge in [0.25, 0.3) is 0 Å². The van der Waals surface area contributed by atoms with Crippen LogP contribution in [-0.2, 0) is 12.0 Å². The Bertz CT molecular complexity index is 367. The summed E-state index contributed by atoms with van der Waals surface area (Å²) in [4.78, 5) is 0. The van der Waals surface area contributed by atoms with Crippen molar-refractivity contribution in [2.75, 3.05) is 6.61 Å². The van der Waals surface area contributed by atoms with Gasteiger partial charge in [0, 0.05) is 12.0 Å². The van der Waals surface area contributed by atoms with E-state index in [4.69, 9.17) is 10.2 Å². The Hall–Kier alpha value is -0.800. The summed E-state index contributed by atoms with van der Waals surface area (Å²) >= 11 is 0. The van der Waals surface area contributed by atoms with Gasteiger partial charge in [0.05, 0.1) is 18.4 Å². The molecule has 1 saturated carbocycles. The fraction of sp³-hybridized carbons (Fsp3) is 0.636. The van der Waals surface area contributed by atoms with Crippen molar-refractivity contribution in [2.45, 2.75) is 31.2 Å². The second kappa shape index (κ2) is 2.41. The summed E-state index contributed by atoms with van der Waals surface area (Å²) < 4.78 is 5.38. The fourth-order valence-corrected chi connectivity index (χ4v) is 2.89. The molecule has 3 N–H and O–H groups in total. The topological polar surface area (TPSA) is 59.4 Å². The van der Waals surface area contributed by atoms with Crippen LogP contribution >= 0.6 is 0 Å². The van der Waals surface area contributed by atoms with E-state index in [0.717, 1.165) is 37.0 Å². The van der Waals surface area contributed by atoms with E-state index in [-0.39, 0.29) is 12.0 Å². The first kappa shape index (κ1) is 8.50. The first-order valence-corrected chi connectivity index (χ1v) is 5.18. The molecule has 1 fully saturated rings. The summed E-state index contributed by atoms with van der Waals surface area (Å²) in [5.41, 5.74) is 6.99. The summed E-state index contributed by atoms with van der Waals surface area (Å²) in [5, 5.41) is 9.52. The van der Waals surface area contributed by atoms with Crippen LogP contribution in [0, 0.1) is 5.41 Å². The van der Waals surface area contributed by atoms with Crippen LogP contribution in [0.1, 0.15) is 30.6 Å². The van der Waals surface area contributed by atoms with Crippen LogP contribution in [0.25, 0.3) is 0 Å². The Morgan fingerprint density at radius 2 is 2.21 bits per heavy atom. The van der Waals surface area contributed by atoms with Crippen LogP contribution < -0.4 is 5.73 Å². The third-order valence-corrected chi connectivity index (χ3v) is 4.11. The van der Waals surface area contributed by atoms with Crippen LogP contribution in [0.3, 0.4) is 0 Å². The number of rotatable bonds is 1. The Balaban J connectivity index is 2.15. The normalized spacial score (nSPS) is 33.0. The largest absolute Gasteiger partial charge is 0.469 e. The van der Waals surface area contributed by atoms with Gasteiger partial charge in [-0.05, 0) is 30.7 Å². The van der Waals surface area contributed by atoms with Gasteiger partial charge >= 0.3 is 0 Å². The van der Waals surface area contributed by atoms with E-state index >= 15 is 0 Å². The molecule has 1 atom stereocenters. The summed E-state index contributed by atoms with van der Waals surface area (Å²) in [6.07, 6.45) is 6.01. The fourth-order valence-electron chi connectivity index (χ4n) is 2.89. The molecule has 2 aliphatic carbocycles. The number of hydrogen-bond acceptors (Lipinski definition) is 3. The van der Waals surface area contributed by atoms with Crippen LogP contribution in [-0.4, -0.2) is 11.7 Å². The minimum absolute atomic E-state index is 0.0273. The molecule has 0 bridgehead atoms. The number of fused-ring (bicyclic) bond motifs is 1. The molecule has 0 aromatic carbocycles. The molecular formula is C11H15NO2. The third kappa shape index (κ3) is 0.799. The summed E-state index contributed by atoms with van der Waals surface area (Å²) in [7, 11) is 0. The van der Waals surface area contributed by atoms with Crippen LogP contribution in [0.5, 0.6) is 0 Å². The summed E-state index contributed by atoms with van der Waals surface area (Å²) in [6.45, 7) is 0.0273. The number of aryl methyl sites for hydroxylation is 1. The lowest BCUT2D eigenvalue weighted by molar-refractivity contribution is 0.105. The monoisotopic (exact) mass is 193 g/mol. The Kier molecular flexibility index (Phi) is 1.46. The van der Waals surface area contributed by atoms with Crippen LogP contribution in [0.4, 0.5) is 0 Å². The average Bonchev–Trinajstić information content (AvgIpc) is 2.82. The number of furan rings is 1. The SMILES string of the molecule is NC1(CO)c2ccoc2CCC12CC2. The van der Waals surface area contributed by atoms with E-state index in [1.807, 2.05) is 6.07 Å². The Morgan fingerprint density at radius 3 is 2.86 bits per heavy atom. The van der Waals surface area contributed by atoms with Crippen molar-refractivity contribution in [1.82, 2.24) is 0 Å². The zero-order valence-corrected chi connectivity index (χ0v) is 8.12. The molecule has 14 heavy (non-hydrogen) atoms. The molecule has 0 radical (unpaired) electrons. The zero-order chi connectivity index (χ0) is 9.81. The van der Waals surface area contributed by atoms with E-state index in [1.165, 1.54) is 0 Å². The number of hydrogen-bond donors (Lipinski definition) is 2. The molecule has 0 amide bonds. The first-order chi connectivity index (χ1) is 6.72. The van der Waals surface area contributed by atoms with Gasteiger partial charge in [-0.2, -0.15) is 0 Å². The lowest BCUT2D eigenvalue weighted by Gasteiger charge is -2.40. The number of aliphatic hydroxyl groups is 1. The molecule has 1 unspecified atom stereocenters. The van der Waals surface area contributed by atoms with Crippen molar-refractivity contribution in [3.05, 3.63) is 23.7 Å². The molecule has 0 aliphatic heterocycles. The highest BCUT2D eigenvalue weighted by Crippen LogP contribution is 2.62. The second-order valence-corrected chi connectivity index (χ2v) is 4.67. The van der Waals surface area contributed by atoms with Crippen molar-refractivity contribution in [3.8, 4) is 0 Å². The molecule has 2 aliphatic rings. The second-order valence-electron chi connectivity index (χ2n) is 4.67. The lowest BCUT2D eigenvalue weighted by atomic mass is 9.70. The number of nitrogens with two attached hydrogens (primary N) is 1. The maximum atomic E-state index is 9.52. The third-order valence-electron chi connectivity index (χ3n) is 4.11. The van der Waals surface area contributed by atoms with Gasteiger partial charge < -0.3 is 15.3 Å². The maximum absolute atomic E-state index is 9.52. The van der Waals surface area contributed by atoms with Crippen LogP contribution in [0.15, 0.2) is 16.7 Å². The van der Waals surface area contributed by atoms with Gasteiger partial charge in [-0.25, -0.2) is 0 Å². The van der Waals surface area contributed by atoms with Crippen molar-refractivity contribution in [2.24, 2.45) is 11.1 Å². The zero-order valence-electron chi connectivity index (χ0n) is 8.12. The molecule has 1 spiro atoms. The molecule has 0 saturated heterocycles. The molecule has 1 heterocycles. The van der Waals surface area contributed by atoms with Gasteiger partial charge in [0.1, 0.15) is 5.76 Å². The van der Waals surface area contributed by atoms with Crippen molar-refractivity contribution in [1.29, 1.82) is 0 Å². The van der Waals surface area contributed by atoms with E-state index < -0.39 is 5.54 Å². The van der Waals surface area contributed by atoms with E-state index in [9.17, 15) is 5.11 Å². The molecule has 3 nitrogen and oxygen atoms in total. The van der Waals surface area contributed by atoms with E-state index in [0.29, 0.717) is 0 Å². The molecule has 1 aromatic heterocycles. The molecule has 1 aromatic rings. The maximum Gasteiger partial charge on any atom is 0.108 e. The Labute approximate surface area is 82.9 Å². The summed E-state index contributed by atoms with van der Waals surface area (Å²) in [6, 6.07) is 1.92. The standard InChI is InChI=1S/C11H15NO2/c12-11(7-13)8-2-6-14-9(8)1-3-10(11)4-5-10/h2,6,13H,1,3-5,7,12H2. The van der Waals surface area contributed by atoms with Crippen molar-refractivity contribution >= 4 is 0 Å². The van der Waals surface area contributed by atoms with E-state index in [1.54, 1.807) is 6.26 Å². The lowest BCUT2D eigenvalue weighted by Crippen LogP contribution is -2.51. The molecule has 76 valence electrons. The minimum Gasteiger partial charge on any atom is -0.469 e. The van der Waals surface area contributed by atoms with Gasteiger partial charge in [0.15, 0.2) is 0 Å². The summed E-state index contributed by atoms with van der Waals surface area (Å²) in [5.74, 6) is 0.971. The van der Waals surface area contributed by atoms with Crippen molar-refractivity contribution in [3.63, 3.8) is 0 Å². The van der Waals surface area contributed by atoms with E-state index in [2.05, 4.69) is 0 Å². The predicted molar refractivity (Wildman–Crippen MR) is 51.6 cm³/mol. The highest BCUT2D eigenvalue weighted by Gasteiger charge is 2.60. The smallest absolute Gasteiger partial charge is 0.108 e. The number of aliphatic hydroxyl groups excluding tert-OH is 1. The minimum atomic E-state index is -0.548. The predicted octanol–water partition coefficient (Wildman–Crippen LogP) is 1.15. The molecule has 3 heteroatoms. The Morgan fingerprint density at radius 1 is 1.43 bits per heavy atom. The van der Waals surface area contributed by atoms with Gasteiger partial charge in [-0.15, -0.1) is 0 Å². The molecular weight excluding hydrogens is 178 g/mol. The quantitative estimate of drug-likeness (QED) is 0.703. The highest BCUT2D eigenvalue weighted by atomic mass is 16.3. The van der Waals surface area contributed by atoms with Gasteiger partial charge in [0.2, 0.25) is 0 Å². The molecule has 3 rings (SSSR count). The highest BCUT2D eigenvalue weighted by molar-refractivity contribution is 5.36.